The average Bonchev–Trinajstić information content (AvgIpc) is 2.74. The van der Waals surface area contributed by atoms with E-state index in [0.29, 0.717) is 15.6 Å². The Morgan fingerprint density at radius 3 is 2.73 bits per heavy atom. The van der Waals surface area contributed by atoms with Gasteiger partial charge in [0.2, 0.25) is 0 Å². The number of aliphatic hydroxyl groups is 1. The van der Waals surface area contributed by atoms with Crippen molar-refractivity contribution in [2.45, 2.75) is 25.4 Å². The minimum Gasteiger partial charge on any atom is -0.384 e. The van der Waals surface area contributed by atoms with E-state index < -0.39 is 6.10 Å². The first-order chi connectivity index (χ1) is 7.20. The Morgan fingerprint density at radius 1 is 1.27 bits per heavy atom. The summed E-state index contributed by atoms with van der Waals surface area (Å²) in [5.74, 6) is 0. The van der Waals surface area contributed by atoms with Crippen LogP contribution in [0.4, 0.5) is 0 Å². The number of halogens is 2. The van der Waals surface area contributed by atoms with Crippen LogP contribution in [0.25, 0.3) is 0 Å². The van der Waals surface area contributed by atoms with E-state index in [1.165, 1.54) is 0 Å². The molecule has 0 bridgehead atoms. The summed E-state index contributed by atoms with van der Waals surface area (Å²) in [7, 11) is 0. The standard InChI is InChI=1S/C12H12Cl2O/c13-10-7-3-6-9(11(10)14)12(15)8-4-1-2-5-8/h3-4,6-7,12,15H,1-2,5H2. The number of benzene rings is 1. The molecule has 0 saturated heterocycles. The normalized spacial score (nSPS) is 17.7. The van der Waals surface area contributed by atoms with Crippen molar-refractivity contribution in [3.05, 3.63) is 45.5 Å². The molecule has 0 aliphatic heterocycles. The number of aliphatic hydroxyl groups excluding tert-OH is 1. The van der Waals surface area contributed by atoms with Crippen molar-refractivity contribution in [3.63, 3.8) is 0 Å². The maximum absolute atomic E-state index is 10.1. The molecule has 1 aliphatic rings. The van der Waals surface area contributed by atoms with Crippen LogP contribution in [0.3, 0.4) is 0 Å². The van der Waals surface area contributed by atoms with Crippen LogP contribution in [0.1, 0.15) is 30.9 Å². The van der Waals surface area contributed by atoms with E-state index in [0.717, 1.165) is 24.8 Å². The summed E-state index contributed by atoms with van der Waals surface area (Å²) >= 11 is 11.9. The molecule has 1 unspecified atom stereocenters. The van der Waals surface area contributed by atoms with Crippen molar-refractivity contribution in [2.75, 3.05) is 0 Å². The third-order valence-corrected chi connectivity index (χ3v) is 3.54. The quantitative estimate of drug-likeness (QED) is 0.774. The van der Waals surface area contributed by atoms with Gasteiger partial charge in [0.25, 0.3) is 0 Å². The van der Waals surface area contributed by atoms with Crippen molar-refractivity contribution in [2.24, 2.45) is 0 Å². The summed E-state index contributed by atoms with van der Waals surface area (Å²) in [6.07, 6.45) is 4.60. The van der Waals surface area contributed by atoms with E-state index >= 15 is 0 Å². The van der Waals surface area contributed by atoms with Gasteiger partial charge in [-0.25, -0.2) is 0 Å². The zero-order valence-corrected chi connectivity index (χ0v) is 9.72. The van der Waals surface area contributed by atoms with Crippen LogP contribution in [0.2, 0.25) is 10.0 Å². The first kappa shape index (κ1) is 11.0. The van der Waals surface area contributed by atoms with Crippen molar-refractivity contribution in [1.82, 2.24) is 0 Å². The molecule has 0 saturated carbocycles. The zero-order valence-electron chi connectivity index (χ0n) is 8.21. The Morgan fingerprint density at radius 2 is 2.07 bits per heavy atom. The van der Waals surface area contributed by atoms with Gasteiger partial charge in [0.15, 0.2) is 0 Å². The predicted molar refractivity (Wildman–Crippen MR) is 63.4 cm³/mol. The molecule has 0 aromatic heterocycles. The lowest BCUT2D eigenvalue weighted by Crippen LogP contribution is -2.00. The molecule has 0 fully saturated rings. The van der Waals surface area contributed by atoms with Crippen LogP contribution >= 0.6 is 23.2 Å². The van der Waals surface area contributed by atoms with Gasteiger partial charge < -0.3 is 5.11 Å². The van der Waals surface area contributed by atoms with E-state index in [-0.39, 0.29) is 0 Å². The lowest BCUT2D eigenvalue weighted by atomic mass is 10.0. The summed E-state index contributed by atoms with van der Waals surface area (Å²) < 4.78 is 0. The third kappa shape index (κ3) is 2.20. The predicted octanol–water partition coefficient (Wildman–Crippen LogP) is 4.14. The fourth-order valence-corrected chi connectivity index (χ4v) is 2.29. The van der Waals surface area contributed by atoms with E-state index in [1.54, 1.807) is 6.07 Å². The molecule has 1 N–H and O–H groups in total. The maximum atomic E-state index is 10.1. The van der Waals surface area contributed by atoms with Gasteiger partial charge >= 0.3 is 0 Å². The van der Waals surface area contributed by atoms with Crippen molar-refractivity contribution < 1.29 is 5.11 Å². The van der Waals surface area contributed by atoms with Gasteiger partial charge in [0.1, 0.15) is 6.10 Å². The molecular weight excluding hydrogens is 231 g/mol. The molecule has 3 heteroatoms. The Bertz CT molecular complexity index is 399. The van der Waals surface area contributed by atoms with Gasteiger partial charge in [-0.15, -0.1) is 0 Å². The van der Waals surface area contributed by atoms with Crippen molar-refractivity contribution in [1.29, 1.82) is 0 Å². The van der Waals surface area contributed by atoms with Gasteiger partial charge in [-0.2, -0.15) is 0 Å². The first-order valence-electron chi connectivity index (χ1n) is 5.01. The monoisotopic (exact) mass is 242 g/mol. The second-order valence-corrected chi connectivity index (χ2v) is 4.50. The van der Waals surface area contributed by atoms with E-state index in [1.807, 2.05) is 12.1 Å². The van der Waals surface area contributed by atoms with Gasteiger partial charge in [-0.05, 0) is 30.9 Å². The van der Waals surface area contributed by atoms with Crippen LogP contribution in [0, 0.1) is 0 Å². The molecule has 0 spiro atoms. The largest absolute Gasteiger partial charge is 0.384 e. The van der Waals surface area contributed by atoms with E-state index in [4.69, 9.17) is 23.2 Å². The highest BCUT2D eigenvalue weighted by Gasteiger charge is 2.19. The van der Waals surface area contributed by atoms with E-state index in [2.05, 4.69) is 6.08 Å². The molecule has 0 heterocycles. The van der Waals surface area contributed by atoms with Crippen molar-refractivity contribution >= 4 is 23.2 Å². The van der Waals surface area contributed by atoms with Gasteiger partial charge in [0, 0.05) is 5.56 Å². The topological polar surface area (TPSA) is 20.2 Å². The van der Waals surface area contributed by atoms with Crippen LogP contribution in [-0.2, 0) is 0 Å². The smallest absolute Gasteiger partial charge is 0.102 e. The lowest BCUT2D eigenvalue weighted by molar-refractivity contribution is 0.213. The second-order valence-electron chi connectivity index (χ2n) is 3.72. The highest BCUT2D eigenvalue weighted by atomic mass is 35.5. The van der Waals surface area contributed by atoms with Crippen LogP contribution in [-0.4, -0.2) is 5.11 Å². The summed E-state index contributed by atoms with van der Waals surface area (Å²) in [6, 6.07) is 5.35. The molecule has 1 aliphatic carbocycles. The number of hydrogen-bond donors (Lipinski definition) is 1. The van der Waals surface area contributed by atoms with Crippen molar-refractivity contribution in [3.8, 4) is 0 Å². The maximum Gasteiger partial charge on any atom is 0.102 e. The average molecular weight is 243 g/mol. The number of allylic oxidation sites excluding steroid dienone is 1. The molecular formula is C12H12Cl2O. The lowest BCUT2D eigenvalue weighted by Gasteiger charge is -2.14. The molecule has 1 aromatic carbocycles. The Labute approximate surface area is 99.3 Å². The zero-order chi connectivity index (χ0) is 10.8. The first-order valence-corrected chi connectivity index (χ1v) is 5.76. The SMILES string of the molecule is OC(C1=CCCC1)c1cccc(Cl)c1Cl. The fraction of sp³-hybridized carbons (Fsp3) is 0.333. The summed E-state index contributed by atoms with van der Waals surface area (Å²) in [6.45, 7) is 0. The van der Waals surface area contributed by atoms with Crippen LogP contribution in [0.5, 0.6) is 0 Å². The Balaban J connectivity index is 2.32. The molecule has 1 nitrogen and oxygen atoms in total. The minimum atomic E-state index is -0.598. The molecule has 1 aromatic rings. The highest BCUT2D eigenvalue weighted by molar-refractivity contribution is 6.42. The Kier molecular flexibility index (Phi) is 3.35. The molecule has 1 atom stereocenters. The fourth-order valence-electron chi connectivity index (χ4n) is 1.88. The second kappa shape index (κ2) is 4.56. The van der Waals surface area contributed by atoms with Crippen LogP contribution in [0.15, 0.2) is 29.8 Å². The summed E-state index contributed by atoms with van der Waals surface area (Å²) in [5.41, 5.74) is 1.76. The van der Waals surface area contributed by atoms with Gasteiger partial charge in [-0.1, -0.05) is 41.4 Å². The number of hydrogen-bond acceptors (Lipinski definition) is 1. The molecule has 80 valence electrons. The van der Waals surface area contributed by atoms with E-state index in [9.17, 15) is 5.11 Å². The summed E-state index contributed by atoms with van der Waals surface area (Å²) in [4.78, 5) is 0. The molecule has 2 rings (SSSR count). The van der Waals surface area contributed by atoms with Gasteiger partial charge in [-0.3, -0.25) is 0 Å². The third-order valence-electron chi connectivity index (χ3n) is 2.70. The van der Waals surface area contributed by atoms with Crippen LogP contribution < -0.4 is 0 Å². The molecule has 15 heavy (non-hydrogen) atoms. The highest BCUT2D eigenvalue weighted by Crippen LogP contribution is 2.36. The molecule has 0 radical (unpaired) electrons. The van der Waals surface area contributed by atoms with Gasteiger partial charge in [0.05, 0.1) is 10.0 Å². The summed E-state index contributed by atoms with van der Waals surface area (Å²) in [5, 5.41) is 11.1. The minimum absolute atomic E-state index is 0.458. The molecule has 0 amide bonds. The Hall–Kier alpha value is -0.500. The number of rotatable bonds is 2.